The van der Waals surface area contributed by atoms with Gasteiger partial charge in [0, 0.05) is 44.0 Å². The lowest BCUT2D eigenvalue weighted by Crippen LogP contribution is -2.43. The van der Waals surface area contributed by atoms with Crippen LogP contribution in [0.2, 0.25) is 10.0 Å². The van der Waals surface area contributed by atoms with E-state index in [1.54, 1.807) is 18.3 Å². The number of benzene rings is 1. The van der Waals surface area contributed by atoms with Crippen molar-refractivity contribution in [2.24, 2.45) is 5.92 Å². The van der Waals surface area contributed by atoms with Crippen molar-refractivity contribution >= 4 is 29.2 Å². The van der Waals surface area contributed by atoms with Crippen LogP contribution in [0.3, 0.4) is 0 Å². The average Bonchev–Trinajstić information content (AvgIpc) is 2.84. The third-order valence-electron chi connectivity index (χ3n) is 7.25. The summed E-state index contributed by atoms with van der Waals surface area (Å²) in [6.45, 7) is 10.1. The predicted molar refractivity (Wildman–Crippen MR) is 140 cm³/mol. The highest BCUT2D eigenvalue weighted by atomic mass is 35.5. The second-order valence-corrected chi connectivity index (χ2v) is 10.9. The van der Waals surface area contributed by atoms with Gasteiger partial charge < -0.3 is 14.7 Å². The van der Waals surface area contributed by atoms with Crippen molar-refractivity contribution < 1.29 is 14.6 Å². The summed E-state index contributed by atoms with van der Waals surface area (Å²) in [5.41, 5.74) is 2.16. The summed E-state index contributed by atoms with van der Waals surface area (Å²) >= 11 is 12.1. The Bertz CT molecular complexity index is 1020. The first-order valence-electron chi connectivity index (χ1n) is 12.6. The number of piperidine rings is 2. The fourth-order valence-corrected chi connectivity index (χ4v) is 5.55. The molecule has 1 aromatic heterocycles. The first-order chi connectivity index (χ1) is 16.8. The minimum atomic E-state index is -0.941. The number of likely N-dealkylation sites (tertiary alicyclic amines) is 2. The molecule has 4 rings (SSSR count). The minimum Gasteiger partial charge on any atom is -0.490 e. The zero-order valence-corrected chi connectivity index (χ0v) is 22.1. The number of aromatic carboxylic acids is 1. The Hall–Kier alpha value is -1.86. The Kier molecular flexibility index (Phi) is 8.92. The van der Waals surface area contributed by atoms with E-state index in [0.717, 1.165) is 75.3 Å². The van der Waals surface area contributed by atoms with Gasteiger partial charge in [-0.15, -0.1) is 0 Å². The van der Waals surface area contributed by atoms with Gasteiger partial charge in [-0.25, -0.2) is 9.78 Å². The summed E-state index contributed by atoms with van der Waals surface area (Å²) in [4.78, 5) is 20.9. The maximum Gasteiger partial charge on any atom is 0.354 e. The molecule has 1 N–H and O–H groups in total. The van der Waals surface area contributed by atoms with Gasteiger partial charge in [-0.05, 0) is 74.4 Å². The maximum absolute atomic E-state index is 11.8. The standard InChI is InChI=1S/C27H35Cl2N3O3/c1-18(2)22-5-10-30-26(27(33)34)23(22)17-32-11-6-19(7-12-32)16-31-13-8-20(9-14-31)35-21-3-4-24(28)25(29)15-21/h3-5,10,15,18-20H,6-9,11-14,16-17H2,1-2H3,(H,33,34). The van der Waals surface area contributed by atoms with E-state index in [0.29, 0.717) is 22.5 Å². The smallest absolute Gasteiger partial charge is 0.354 e. The number of ether oxygens (including phenoxy) is 1. The first-order valence-corrected chi connectivity index (χ1v) is 13.3. The van der Waals surface area contributed by atoms with E-state index in [-0.39, 0.29) is 17.7 Å². The highest BCUT2D eigenvalue weighted by molar-refractivity contribution is 6.42. The summed E-state index contributed by atoms with van der Waals surface area (Å²) in [6.07, 6.45) is 6.13. The molecular weight excluding hydrogens is 485 g/mol. The van der Waals surface area contributed by atoms with Crippen molar-refractivity contribution in [2.75, 3.05) is 32.7 Å². The molecule has 6 nitrogen and oxygen atoms in total. The summed E-state index contributed by atoms with van der Waals surface area (Å²) < 4.78 is 6.13. The van der Waals surface area contributed by atoms with Gasteiger partial charge >= 0.3 is 5.97 Å². The van der Waals surface area contributed by atoms with Crippen LogP contribution in [0.15, 0.2) is 30.5 Å². The lowest BCUT2D eigenvalue weighted by molar-refractivity contribution is 0.0684. The van der Waals surface area contributed by atoms with Crippen LogP contribution < -0.4 is 4.74 Å². The molecule has 2 fully saturated rings. The van der Waals surface area contributed by atoms with Crippen LogP contribution >= 0.6 is 23.2 Å². The Balaban J connectivity index is 1.23. The van der Waals surface area contributed by atoms with E-state index < -0.39 is 5.97 Å². The molecule has 0 radical (unpaired) electrons. The van der Waals surface area contributed by atoms with Gasteiger partial charge in [0.25, 0.3) is 0 Å². The van der Waals surface area contributed by atoms with Crippen LogP contribution in [0.4, 0.5) is 0 Å². The molecule has 1 aromatic carbocycles. The third kappa shape index (κ3) is 6.88. The molecule has 0 spiro atoms. The topological polar surface area (TPSA) is 65.9 Å². The van der Waals surface area contributed by atoms with E-state index in [4.69, 9.17) is 27.9 Å². The summed E-state index contributed by atoms with van der Waals surface area (Å²) in [5.74, 6) is 0.790. The molecule has 3 heterocycles. The van der Waals surface area contributed by atoms with Crippen LogP contribution in [-0.4, -0.2) is 64.7 Å². The molecule has 2 aliphatic heterocycles. The Morgan fingerprint density at radius 3 is 2.37 bits per heavy atom. The molecule has 2 saturated heterocycles. The van der Waals surface area contributed by atoms with Crippen molar-refractivity contribution in [2.45, 2.75) is 58.1 Å². The Morgan fingerprint density at radius 2 is 1.74 bits per heavy atom. The molecule has 0 atom stereocenters. The molecule has 190 valence electrons. The molecule has 35 heavy (non-hydrogen) atoms. The molecule has 0 amide bonds. The van der Waals surface area contributed by atoms with E-state index in [9.17, 15) is 9.90 Å². The molecule has 0 aliphatic carbocycles. The van der Waals surface area contributed by atoms with E-state index in [1.807, 2.05) is 12.1 Å². The second-order valence-electron chi connectivity index (χ2n) is 10.1. The number of carbonyl (C=O) groups is 1. The van der Waals surface area contributed by atoms with E-state index >= 15 is 0 Å². The zero-order chi connectivity index (χ0) is 24.9. The van der Waals surface area contributed by atoms with Gasteiger partial charge in [0.05, 0.1) is 10.0 Å². The van der Waals surface area contributed by atoms with Gasteiger partial charge in [-0.3, -0.25) is 4.90 Å². The van der Waals surface area contributed by atoms with Crippen LogP contribution in [0, 0.1) is 5.92 Å². The molecule has 0 bridgehead atoms. The third-order valence-corrected chi connectivity index (χ3v) is 7.99. The first kappa shape index (κ1) is 26.2. The summed E-state index contributed by atoms with van der Waals surface area (Å²) in [7, 11) is 0. The van der Waals surface area contributed by atoms with Gasteiger partial charge in [-0.2, -0.15) is 0 Å². The molecular formula is C27H35Cl2N3O3. The Morgan fingerprint density at radius 1 is 1.06 bits per heavy atom. The monoisotopic (exact) mass is 519 g/mol. The van der Waals surface area contributed by atoms with Crippen molar-refractivity contribution in [3.05, 3.63) is 57.3 Å². The number of pyridine rings is 1. The number of halogens is 2. The number of hydrogen-bond donors (Lipinski definition) is 1. The van der Waals surface area contributed by atoms with Gasteiger partial charge in [0.15, 0.2) is 5.69 Å². The van der Waals surface area contributed by atoms with E-state index in [2.05, 4.69) is 28.6 Å². The summed E-state index contributed by atoms with van der Waals surface area (Å²) in [5, 5.41) is 10.7. The van der Waals surface area contributed by atoms with Crippen LogP contribution in [0.1, 0.15) is 67.1 Å². The highest BCUT2D eigenvalue weighted by Gasteiger charge is 2.27. The zero-order valence-electron chi connectivity index (χ0n) is 20.6. The van der Waals surface area contributed by atoms with Crippen molar-refractivity contribution in [3.63, 3.8) is 0 Å². The number of carboxylic acid groups (broad SMARTS) is 1. The predicted octanol–water partition coefficient (Wildman–Crippen LogP) is 5.97. The van der Waals surface area contributed by atoms with Crippen molar-refractivity contribution in [3.8, 4) is 5.75 Å². The quantitative estimate of drug-likeness (QED) is 0.463. The Labute approximate surface area is 218 Å². The number of rotatable bonds is 8. The highest BCUT2D eigenvalue weighted by Crippen LogP contribution is 2.29. The number of hydrogen-bond acceptors (Lipinski definition) is 5. The normalized spacial score (nSPS) is 18.8. The van der Waals surface area contributed by atoms with E-state index in [1.165, 1.54) is 0 Å². The maximum atomic E-state index is 11.8. The molecule has 0 unspecified atom stereocenters. The minimum absolute atomic E-state index is 0.198. The second kappa shape index (κ2) is 11.9. The summed E-state index contributed by atoms with van der Waals surface area (Å²) in [6, 6.07) is 7.41. The van der Waals surface area contributed by atoms with Gasteiger partial charge in [0.1, 0.15) is 11.9 Å². The lowest BCUT2D eigenvalue weighted by atomic mass is 9.93. The van der Waals surface area contributed by atoms with Crippen molar-refractivity contribution in [1.29, 1.82) is 0 Å². The van der Waals surface area contributed by atoms with Crippen LogP contribution in [0.25, 0.3) is 0 Å². The number of carboxylic acids is 1. The molecule has 0 saturated carbocycles. The van der Waals surface area contributed by atoms with Crippen molar-refractivity contribution in [1.82, 2.24) is 14.8 Å². The molecule has 2 aliphatic rings. The SMILES string of the molecule is CC(C)c1ccnc(C(=O)O)c1CN1CCC(CN2CCC(Oc3ccc(Cl)c(Cl)c3)CC2)CC1. The lowest BCUT2D eigenvalue weighted by Gasteiger charge is -2.38. The average molecular weight is 521 g/mol. The van der Waals surface area contributed by atoms with Gasteiger partial charge in [-0.1, -0.05) is 37.0 Å². The fourth-order valence-electron chi connectivity index (χ4n) is 5.27. The fraction of sp³-hybridized carbons (Fsp3) is 0.556. The van der Waals surface area contributed by atoms with Crippen LogP contribution in [0.5, 0.6) is 5.75 Å². The number of aromatic nitrogens is 1. The molecule has 8 heteroatoms. The number of nitrogens with zero attached hydrogens (tertiary/aromatic N) is 3. The van der Waals surface area contributed by atoms with Crippen LogP contribution in [-0.2, 0) is 6.54 Å². The van der Waals surface area contributed by atoms with Gasteiger partial charge in [0.2, 0.25) is 0 Å². The largest absolute Gasteiger partial charge is 0.490 e. The molecule has 2 aromatic rings.